The molecule has 0 saturated carbocycles. The molecule has 0 aliphatic carbocycles. The van der Waals surface area contributed by atoms with Gasteiger partial charge in [-0.15, -0.1) is 0 Å². The summed E-state index contributed by atoms with van der Waals surface area (Å²) in [6, 6.07) is 15.9. The van der Waals surface area contributed by atoms with Crippen LogP contribution in [0.1, 0.15) is 35.4 Å². The second-order valence-electron chi connectivity index (χ2n) is 10.00. The minimum absolute atomic E-state index is 0.110. The van der Waals surface area contributed by atoms with E-state index >= 15 is 0 Å². The lowest BCUT2D eigenvalue weighted by atomic mass is 10.1. The van der Waals surface area contributed by atoms with Crippen molar-refractivity contribution in [3.63, 3.8) is 0 Å². The van der Waals surface area contributed by atoms with Gasteiger partial charge in [-0.25, -0.2) is 0 Å². The van der Waals surface area contributed by atoms with E-state index in [0.29, 0.717) is 18.4 Å². The Morgan fingerprint density at radius 1 is 0.892 bits per heavy atom. The lowest BCUT2D eigenvalue weighted by molar-refractivity contribution is -0.131. The van der Waals surface area contributed by atoms with Gasteiger partial charge < -0.3 is 14.4 Å². The van der Waals surface area contributed by atoms with Crippen LogP contribution in [0.2, 0.25) is 0 Å². The molecule has 192 valence electrons. The number of para-hydroxylation sites is 1. The molecule has 7 heteroatoms. The Labute approximate surface area is 217 Å². The molecular weight excluding hydrogens is 462 g/mol. The molecule has 2 aromatic carbocycles. The number of benzene rings is 2. The SMILES string of the molecule is Cc1cccc(N2CCN(C(=O)CCCn3c(C)c4cnn(-c5ccccc5)c(=O)c4c3C)CC2)c1C. The van der Waals surface area contributed by atoms with Crippen LogP contribution in [0, 0.1) is 27.7 Å². The molecule has 0 atom stereocenters. The average molecular weight is 498 g/mol. The number of aromatic nitrogens is 3. The third-order valence-electron chi connectivity index (χ3n) is 7.86. The molecule has 0 N–H and O–H groups in total. The topological polar surface area (TPSA) is 63.4 Å². The zero-order chi connectivity index (χ0) is 26.1. The van der Waals surface area contributed by atoms with Crippen molar-refractivity contribution >= 4 is 22.4 Å². The van der Waals surface area contributed by atoms with Gasteiger partial charge in [0, 0.05) is 61.6 Å². The molecular formula is C30H35N5O2. The van der Waals surface area contributed by atoms with E-state index in [0.717, 1.165) is 55.1 Å². The molecule has 37 heavy (non-hydrogen) atoms. The number of carbonyl (C=O) groups is 1. The Bertz CT molecular complexity index is 1490. The third kappa shape index (κ3) is 4.66. The average Bonchev–Trinajstić information content (AvgIpc) is 3.16. The number of hydrogen-bond acceptors (Lipinski definition) is 4. The summed E-state index contributed by atoms with van der Waals surface area (Å²) in [5.41, 5.74) is 6.49. The summed E-state index contributed by atoms with van der Waals surface area (Å²) in [6.45, 7) is 12.2. The highest BCUT2D eigenvalue weighted by Gasteiger charge is 2.23. The van der Waals surface area contributed by atoms with Crippen molar-refractivity contribution in [3.05, 3.63) is 87.6 Å². The van der Waals surface area contributed by atoms with Crippen LogP contribution in [0.3, 0.4) is 0 Å². The highest BCUT2D eigenvalue weighted by molar-refractivity contribution is 5.87. The van der Waals surface area contributed by atoms with Crippen molar-refractivity contribution in [2.24, 2.45) is 0 Å². The van der Waals surface area contributed by atoms with Crippen molar-refractivity contribution < 1.29 is 4.79 Å². The number of fused-ring (bicyclic) bond motifs is 1. The molecule has 1 aliphatic heterocycles. The van der Waals surface area contributed by atoms with E-state index in [-0.39, 0.29) is 11.5 Å². The Morgan fingerprint density at radius 2 is 1.62 bits per heavy atom. The van der Waals surface area contributed by atoms with Crippen LogP contribution in [0.5, 0.6) is 0 Å². The first kappa shape index (κ1) is 24.8. The fourth-order valence-electron chi connectivity index (χ4n) is 5.52. The minimum Gasteiger partial charge on any atom is -0.368 e. The maximum absolute atomic E-state index is 13.3. The number of anilines is 1. The molecule has 0 radical (unpaired) electrons. The lowest BCUT2D eigenvalue weighted by Gasteiger charge is -2.37. The smallest absolute Gasteiger partial charge is 0.281 e. The molecule has 3 heterocycles. The van der Waals surface area contributed by atoms with Crippen LogP contribution in [0.4, 0.5) is 5.69 Å². The van der Waals surface area contributed by atoms with Crippen molar-refractivity contribution in [3.8, 4) is 5.69 Å². The predicted octanol–water partition coefficient (Wildman–Crippen LogP) is 4.55. The summed E-state index contributed by atoms with van der Waals surface area (Å²) in [5, 5.41) is 6.00. The molecule has 0 bridgehead atoms. The zero-order valence-corrected chi connectivity index (χ0v) is 22.2. The van der Waals surface area contributed by atoms with Crippen LogP contribution in [-0.2, 0) is 11.3 Å². The molecule has 1 saturated heterocycles. The van der Waals surface area contributed by atoms with E-state index in [2.05, 4.69) is 46.6 Å². The van der Waals surface area contributed by atoms with Gasteiger partial charge in [-0.2, -0.15) is 9.78 Å². The second kappa shape index (κ2) is 10.2. The van der Waals surface area contributed by atoms with Gasteiger partial charge in [0.2, 0.25) is 5.91 Å². The highest BCUT2D eigenvalue weighted by atomic mass is 16.2. The van der Waals surface area contributed by atoms with Gasteiger partial charge in [0.15, 0.2) is 0 Å². The standard InChI is InChI=1S/C30H35N5O2/c1-21-10-8-13-27(22(21)2)32-16-18-33(19-17-32)28(36)14-9-15-34-23(3)26-20-31-35(25-11-6-5-7-12-25)30(37)29(26)24(34)4/h5-8,10-13,20H,9,14-19H2,1-4H3. The van der Waals surface area contributed by atoms with Gasteiger partial charge in [0.1, 0.15) is 0 Å². The molecule has 4 aromatic rings. The summed E-state index contributed by atoms with van der Waals surface area (Å²) in [6.07, 6.45) is 3.02. The number of nitrogens with zero attached hydrogens (tertiary/aromatic N) is 5. The van der Waals surface area contributed by atoms with E-state index in [1.165, 1.54) is 21.5 Å². The van der Waals surface area contributed by atoms with Crippen molar-refractivity contribution in [2.75, 3.05) is 31.1 Å². The van der Waals surface area contributed by atoms with Gasteiger partial charge in [-0.1, -0.05) is 30.3 Å². The maximum atomic E-state index is 13.3. The second-order valence-corrected chi connectivity index (χ2v) is 10.00. The van der Waals surface area contributed by atoms with Crippen LogP contribution >= 0.6 is 0 Å². The van der Waals surface area contributed by atoms with E-state index in [1.54, 1.807) is 6.20 Å². The first-order chi connectivity index (χ1) is 17.9. The van der Waals surface area contributed by atoms with Gasteiger partial charge in [-0.3, -0.25) is 9.59 Å². The molecule has 0 spiro atoms. The van der Waals surface area contributed by atoms with Crippen LogP contribution in [-0.4, -0.2) is 51.3 Å². The van der Waals surface area contributed by atoms with E-state index in [9.17, 15) is 9.59 Å². The van der Waals surface area contributed by atoms with Crippen LogP contribution in [0.15, 0.2) is 59.5 Å². The van der Waals surface area contributed by atoms with Crippen LogP contribution < -0.4 is 10.5 Å². The number of hydrogen-bond donors (Lipinski definition) is 0. The van der Waals surface area contributed by atoms with Crippen molar-refractivity contribution in [2.45, 2.75) is 47.1 Å². The van der Waals surface area contributed by atoms with Gasteiger partial charge in [0.25, 0.3) is 5.56 Å². The quantitative estimate of drug-likeness (QED) is 0.392. The van der Waals surface area contributed by atoms with Gasteiger partial charge in [-0.05, 0) is 63.4 Å². The maximum Gasteiger partial charge on any atom is 0.281 e. The molecule has 5 rings (SSSR count). The minimum atomic E-state index is -0.110. The number of aryl methyl sites for hydroxylation is 3. The highest BCUT2D eigenvalue weighted by Crippen LogP contribution is 2.25. The summed E-state index contributed by atoms with van der Waals surface area (Å²) < 4.78 is 3.62. The number of carbonyl (C=O) groups excluding carboxylic acids is 1. The van der Waals surface area contributed by atoms with E-state index in [1.807, 2.05) is 49.1 Å². The molecule has 0 unspecified atom stereocenters. The molecule has 7 nitrogen and oxygen atoms in total. The zero-order valence-electron chi connectivity index (χ0n) is 22.2. The predicted molar refractivity (Wildman–Crippen MR) is 149 cm³/mol. The summed E-state index contributed by atoms with van der Waals surface area (Å²) in [7, 11) is 0. The van der Waals surface area contributed by atoms with E-state index < -0.39 is 0 Å². The normalized spacial score (nSPS) is 13.9. The van der Waals surface area contributed by atoms with Gasteiger partial charge >= 0.3 is 0 Å². The summed E-state index contributed by atoms with van der Waals surface area (Å²) in [5.74, 6) is 0.209. The first-order valence-electron chi connectivity index (χ1n) is 13.1. The molecule has 2 aromatic heterocycles. The summed E-state index contributed by atoms with van der Waals surface area (Å²) >= 11 is 0. The van der Waals surface area contributed by atoms with E-state index in [4.69, 9.17) is 0 Å². The van der Waals surface area contributed by atoms with Crippen molar-refractivity contribution in [1.82, 2.24) is 19.2 Å². The fourth-order valence-corrected chi connectivity index (χ4v) is 5.52. The number of amides is 1. The molecule has 1 aliphatic rings. The molecule has 1 fully saturated rings. The summed E-state index contributed by atoms with van der Waals surface area (Å²) in [4.78, 5) is 30.7. The fraction of sp³-hybridized carbons (Fsp3) is 0.367. The third-order valence-corrected chi connectivity index (χ3v) is 7.86. The van der Waals surface area contributed by atoms with Gasteiger partial charge in [0.05, 0.1) is 17.3 Å². The lowest BCUT2D eigenvalue weighted by Crippen LogP contribution is -2.49. The Balaban J connectivity index is 1.23. The van der Waals surface area contributed by atoms with Crippen molar-refractivity contribution in [1.29, 1.82) is 0 Å². The Hall–Kier alpha value is -3.87. The first-order valence-corrected chi connectivity index (χ1v) is 13.1. The number of piperazine rings is 1. The monoisotopic (exact) mass is 497 g/mol. The number of rotatable bonds is 6. The van der Waals surface area contributed by atoms with Crippen LogP contribution in [0.25, 0.3) is 16.5 Å². The Morgan fingerprint density at radius 3 is 2.35 bits per heavy atom. The Kier molecular flexibility index (Phi) is 6.87. The molecule has 1 amide bonds. The largest absolute Gasteiger partial charge is 0.368 e.